The lowest BCUT2D eigenvalue weighted by molar-refractivity contribution is -0.143. The second-order valence-electron chi connectivity index (χ2n) is 8.21. The largest absolute Gasteiger partial charge is 0.466 e. The molecule has 4 nitrogen and oxygen atoms in total. The lowest BCUT2D eigenvalue weighted by atomic mass is 9.80. The van der Waals surface area contributed by atoms with Crippen LogP contribution < -0.4 is 5.32 Å². The van der Waals surface area contributed by atoms with Crippen molar-refractivity contribution in [3.8, 4) is 0 Å². The zero-order valence-electron chi connectivity index (χ0n) is 16.6. The van der Waals surface area contributed by atoms with Gasteiger partial charge in [0.05, 0.1) is 6.61 Å². The van der Waals surface area contributed by atoms with Gasteiger partial charge in [-0.3, -0.25) is 9.69 Å². The van der Waals surface area contributed by atoms with Crippen LogP contribution in [0.1, 0.15) is 42.9 Å². The molecule has 1 N–H and O–H groups in total. The number of rotatable bonds is 5. The van der Waals surface area contributed by atoms with Crippen LogP contribution in [0.2, 0.25) is 0 Å². The maximum Gasteiger partial charge on any atom is 0.302 e. The molecule has 26 heavy (non-hydrogen) atoms. The Kier molecular flexibility index (Phi) is 6.71. The summed E-state index contributed by atoms with van der Waals surface area (Å²) in [7, 11) is 0. The van der Waals surface area contributed by atoms with E-state index in [1.165, 1.54) is 49.4 Å². The Morgan fingerprint density at radius 2 is 1.92 bits per heavy atom. The molecule has 1 aromatic rings. The van der Waals surface area contributed by atoms with Gasteiger partial charge in [0.15, 0.2) is 0 Å². The minimum absolute atomic E-state index is 0.158. The van der Waals surface area contributed by atoms with Crippen LogP contribution in [0, 0.1) is 25.7 Å². The fourth-order valence-electron chi connectivity index (χ4n) is 4.53. The van der Waals surface area contributed by atoms with Crippen molar-refractivity contribution in [2.45, 2.75) is 52.5 Å². The van der Waals surface area contributed by atoms with E-state index in [0.717, 1.165) is 26.1 Å². The van der Waals surface area contributed by atoms with Gasteiger partial charge < -0.3 is 10.1 Å². The molecule has 1 aromatic carbocycles. The summed E-state index contributed by atoms with van der Waals surface area (Å²) < 4.78 is 5.45. The van der Waals surface area contributed by atoms with Crippen molar-refractivity contribution in [1.82, 2.24) is 10.2 Å². The van der Waals surface area contributed by atoms with E-state index in [1.54, 1.807) is 0 Å². The molecule has 2 fully saturated rings. The SMILES string of the molecule is CC(=O)OCC1CN(C2CCNCC2)CC[C@@H]1Cc1ccc(C)c(C)c1. The van der Waals surface area contributed by atoms with Gasteiger partial charge in [-0.05, 0) is 81.8 Å². The highest BCUT2D eigenvalue weighted by Gasteiger charge is 2.33. The van der Waals surface area contributed by atoms with E-state index < -0.39 is 0 Å². The third kappa shape index (κ3) is 5.08. The number of aryl methyl sites for hydroxylation is 2. The number of nitrogens with one attached hydrogen (secondary N) is 1. The molecule has 0 radical (unpaired) electrons. The van der Waals surface area contributed by atoms with Crippen LogP contribution in [-0.2, 0) is 16.0 Å². The zero-order chi connectivity index (χ0) is 18.5. The number of piperidine rings is 2. The number of likely N-dealkylation sites (tertiary alicyclic amines) is 1. The molecule has 0 saturated carbocycles. The number of esters is 1. The first-order chi connectivity index (χ1) is 12.5. The number of carbonyl (C=O) groups is 1. The second kappa shape index (κ2) is 9.01. The maximum atomic E-state index is 11.4. The van der Waals surface area contributed by atoms with Crippen LogP contribution >= 0.6 is 0 Å². The summed E-state index contributed by atoms with van der Waals surface area (Å²) in [6.07, 6.45) is 4.76. The Balaban J connectivity index is 1.66. The van der Waals surface area contributed by atoms with Gasteiger partial charge in [-0.1, -0.05) is 18.2 Å². The summed E-state index contributed by atoms with van der Waals surface area (Å²) in [5, 5.41) is 3.46. The van der Waals surface area contributed by atoms with Crippen LogP contribution in [0.25, 0.3) is 0 Å². The molecule has 0 aliphatic carbocycles. The minimum Gasteiger partial charge on any atom is -0.466 e. The van der Waals surface area contributed by atoms with Crippen molar-refractivity contribution in [2.24, 2.45) is 11.8 Å². The van der Waals surface area contributed by atoms with Crippen LogP contribution in [0.15, 0.2) is 18.2 Å². The maximum absolute atomic E-state index is 11.4. The lowest BCUT2D eigenvalue weighted by Crippen LogP contribution is -2.50. The average Bonchev–Trinajstić information content (AvgIpc) is 2.64. The third-order valence-electron chi connectivity index (χ3n) is 6.32. The van der Waals surface area contributed by atoms with Gasteiger partial charge in [0.1, 0.15) is 0 Å². The molecule has 0 amide bonds. The highest BCUT2D eigenvalue weighted by atomic mass is 16.5. The average molecular weight is 359 g/mol. The Hall–Kier alpha value is -1.39. The summed E-state index contributed by atoms with van der Waals surface area (Å²) >= 11 is 0. The van der Waals surface area contributed by atoms with Crippen molar-refractivity contribution in [2.75, 3.05) is 32.8 Å². The molecule has 2 saturated heterocycles. The van der Waals surface area contributed by atoms with Crippen LogP contribution in [-0.4, -0.2) is 49.7 Å². The van der Waals surface area contributed by atoms with E-state index >= 15 is 0 Å². The summed E-state index contributed by atoms with van der Waals surface area (Å²) in [6, 6.07) is 7.52. The van der Waals surface area contributed by atoms with Crippen molar-refractivity contribution >= 4 is 5.97 Å². The van der Waals surface area contributed by atoms with Crippen LogP contribution in [0.5, 0.6) is 0 Å². The van der Waals surface area contributed by atoms with E-state index in [4.69, 9.17) is 4.74 Å². The van der Waals surface area contributed by atoms with Gasteiger partial charge in [-0.25, -0.2) is 0 Å². The normalized spacial score (nSPS) is 25.2. The topological polar surface area (TPSA) is 41.6 Å². The number of benzene rings is 1. The predicted molar refractivity (Wildman–Crippen MR) is 105 cm³/mol. The van der Waals surface area contributed by atoms with Gasteiger partial charge in [-0.15, -0.1) is 0 Å². The fourth-order valence-corrected chi connectivity index (χ4v) is 4.53. The van der Waals surface area contributed by atoms with E-state index in [1.807, 2.05) is 0 Å². The molecule has 2 aliphatic rings. The number of carbonyl (C=O) groups excluding carboxylic acids is 1. The molecule has 144 valence electrons. The summed E-state index contributed by atoms with van der Waals surface area (Å²) in [6.45, 7) is 10.9. The summed E-state index contributed by atoms with van der Waals surface area (Å²) in [5.74, 6) is 0.868. The van der Waals surface area contributed by atoms with Crippen molar-refractivity contribution in [3.63, 3.8) is 0 Å². The molecule has 2 heterocycles. The van der Waals surface area contributed by atoms with E-state index in [2.05, 4.69) is 42.3 Å². The molecule has 2 aliphatic heterocycles. The van der Waals surface area contributed by atoms with Gasteiger partial charge in [-0.2, -0.15) is 0 Å². The number of ether oxygens (including phenoxy) is 1. The fraction of sp³-hybridized carbons (Fsp3) is 0.682. The number of hydrogen-bond donors (Lipinski definition) is 1. The first kappa shape index (κ1) is 19.4. The molecular weight excluding hydrogens is 324 g/mol. The molecule has 0 spiro atoms. The Labute approximate surface area is 158 Å². The molecular formula is C22H34N2O2. The van der Waals surface area contributed by atoms with Crippen molar-refractivity contribution in [3.05, 3.63) is 34.9 Å². The quantitative estimate of drug-likeness (QED) is 0.821. The Morgan fingerprint density at radius 3 is 2.62 bits per heavy atom. The molecule has 2 atom stereocenters. The smallest absolute Gasteiger partial charge is 0.302 e. The van der Waals surface area contributed by atoms with Gasteiger partial charge in [0, 0.05) is 25.4 Å². The zero-order valence-corrected chi connectivity index (χ0v) is 16.6. The highest BCUT2D eigenvalue weighted by Crippen LogP contribution is 2.30. The predicted octanol–water partition coefficient (Wildman–Crippen LogP) is 3.10. The van der Waals surface area contributed by atoms with Crippen LogP contribution in [0.3, 0.4) is 0 Å². The summed E-state index contributed by atoms with van der Waals surface area (Å²) in [5.41, 5.74) is 4.14. The lowest BCUT2D eigenvalue weighted by Gasteiger charge is -2.43. The molecule has 3 rings (SSSR count). The molecule has 4 heteroatoms. The van der Waals surface area contributed by atoms with Gasteiger partial charge >= 0.3 is 5.97 Å². The summed E-state index contributed by atoms with van der Waals surface area (Å²) in [4.78, 5) is 14.0. The van der Waals surface area contributed by atoms with Gasteiger partial charge in [0.2, 0.25) is 0 Å². The highest BCUT2D eigenvalue weighted by molar-refractivity contribution is 5.65. The third-order valence-corrected chi connectivity index (χ3v) is 6.32. The number of hydrogen-bond acceptors (Lipinski definition) is 4. The first-order valence-corrected chi connectivity index (χ1v) is 10.2. The van der Waals surface area contributed by atoms with Crippen LogP contribution in [0.4, 0.5) is 0 Å². The first-order valence-electron chi connectivity index (χ1n) is 10.2. The van der Waals surface area contributed by atoms with Crippen molar-refractivity contribution in [1.29, 1.82) is 0 Å². The minimum atomic E-state index is -0.158. The van der Waals surface area contributed by atoms with E-state index in [0.29, 0.717) is 24.5 Å². The van der Waals surface area contributed by atoms with E-state index in [-0.39, 0.29) is 5.97 Å². The molecule has 1 unspecified atom stereocenters. The Bertz CT molecular complexity index is 610. The molecule has 0 aromatic heterocycles. The second-order valence-corrected chi connectivity index (χ2v) is 8.21. The molecule has 0 bridgehead atoms. The Morgan fingerprint density at radius 1 is 1.15 bits per heavy atom. The number of nitrogens with zero attached hydrogens (tertiary/aromatic N) is 1. The van der Waals surface area contributed by atoms with E-state index in [9.17, 15) is 4.79 Å². The monoisotopic (exact) mass is 358 g/mol. The van der Waals surface area contributed by atoms with Crippen molar-refractivity contribution < 1.29 is 9.53 Å². The standard InChI is InChI=1S/C22H34N2O2/c1-16-4-5-19(12-17(16)2)13-20-8-11-24(22-6-9-23-10-7-22)14-21(20)15-26-18(3)25/h4-5,12,20-23H,6-11,13-15H2,1-3H3/t20-,21?/m1/s1. The van der Waals surface area contributed by atoms with Gasteiger partial charge in [0.25, 0.3) is 0 Å².